The van der Waals surface area contributed by atoms with Crippen LogP contribution < -0.4 is 10.6 Å². The fourth-order valence-electron chi connectivity index (χ4n) is 3.40. The van der Waals surface area contributed by atoms with Crippen LogP contribution in [0.15, 0.2) is 18.2 Å². The zero-order valence-electron chi connectivity index (χ0n) is 14.3. The second kappa shape index (κ2) is 7.77. The summed E-state index contributed by atoms with van der Waals surface area (Å²) >= 11 is 0. The van der Waals surface area contributed by atoms with Crippen LogP contribution in [0.5, 0.6) is 0 Å². The first-order valence-electron chi connectivity index (χ1n) is 8.76. The van der Waals surface area contributed by atoms with Crippen molar-refractivity contribution in [2.24, 2.45) is 5.73 Å². The molecule has 0 aliphatic carbocycles. The smallest absolute Gasteiger partial charge is 0.227 e. The topological polar surface area (TPSA) is 46.3 Å². The van der Waals surface area contributed by atoms with Gasteiger partial charge in [-0.2, -0.15) is 0 Å². The predicted octanol–water partition coefficient (Wildman–Crippen LogP) is 3.82. The molecule has 1 heterocycles. The SMILES string of the molecule is CCCCC(N)Cc1ccc2c(c1)CC(C)N2C(=O)CCC. The van der Waals surface area contributed by atoms with E-state index in [9.17, 15) is 4.79 Å². The van der Waals surface area contributed by atoms with Crippen molar-refractivity contribution < 1.29 is 4.79 Å². The van der Waals surface area contributed by atoms with Gasteiger partial charge in [0.05, 0.1) is 0 Å². The first-order valence-corrected chi connectivity index (χ1v) is 8.76. The van der Waals surface area contributed by atoms with Gasteiger partial charge in [0.2, 0.25) is 5.91 Å². The number of hydrogen-bond acceptors (Lipinski definition) is 2. The summed E-state index contributed by atoms with van der Waals surface area (Å²) in [5.41, 5.74) is 9.93. The van der Waals surface area contributed by atoms with Crippen LogP contribution in [0.25, 0.3) is 0 Å². The van der Waals surface area contributed by atoms with E-state index in [0.717, 1.165) is 31.4 Å². The highest BCUT2D eigenvalue weighted by molar-refractivity contribution is 5.96. The zero-order valence-corrected chi connectivity index (χ0v) is 14.3. The standard InChI is InChI=1S/C19H30N2O/c1-4-6-8-17(20)13-15-9-10-18-16(12-15)11-14(3)21(18)19(22)7-5-2/h9-10,12,14,17H,4-8,11,13,20H2,1-3H3. The number of nitrogens with two attached hydrogens (primary N) is 1. The minimum absolute atomic E-state index is 0.245. The summed E-state index contributed by atoms with van der Waals surface area (Å²) in [6.45, 7) is 6.39. The molecule has 0 saturated carbocycles. The maximum absolute atomic E-state index is 12.3. The predicted molar refractivity (Wildman–Crippen MR) is 93.2 cm³/mol. The van der Waals surface area contributed by atoms with Gasteiger partial charge in [-0.15, -0.1) is 0 Å². The number of benzene rings is 1. The Morgan fingerprint density at radius 1 is 1.36 bits per heavy atom. The van der Waals surface area contributed by atoms with Gasteiger partial charge in [-0.25, -0.2) is 0 Å². The van der Waals surface area contributed by atoms with Gasteiger partial charge in [0.15, 0.2) is 0 Å². The first kappa shape index (κ1) is 17.0. The molecular formula is C19H30N2O. The van der Waals surface area contributed by atoms with Gasteiger partial charge in [0.25, 0.3) is 0 Å². The summed E-state index contributed by atoms with van der Waals surface area (Å²) in [5.74, 6) is 0.251. The summed E-state index contributed by atoms with van der Waals surface area (Å²) in [4.78, 5) is 14.3. The van der Waals surface area contributed by atoms with Crippen molar-refractivity contribution in [1.29, 1.82) is 0 Å². The lowest BCUT2D eigenvalue weighted by molar-refractivity contribution is -0.118. The van der Waals surface area contributed by atoms with E-state index >= 15 is 0 Å². The van der Waals surface area contributed by atoms with E-state index in [1.807, 2.05) is 4.90 Å². The highest BCUT2D eigenvalue weighted by atomic mass is 16.2. The minimum Gasteiger partial charge on any atom is -0.327 e. The van der Waals surface area contributed by atoms with E-state index in [-0.39, 0.29) is 18.0 Å². The molecule has 2 rings (SSSR count). The van der Waals surface area contributed by atoms with Gasteiger partial charge in [-0.3, -0.25) is 4.79 Å². The van der Waals surface area contributed by atoms with Crippen molar-refractivity contribution in [3.05, 3.63) is 29.3 Å². The highest BCUT2D eigenvalue weighted by Gasteiger charge is 2.30. The van der Waals surface area contributed by atoms with Crippen molar-refractivity contribution in [3.8, 4) is 0 Å². The van der Waals surface area contributed by atoms with E-state index in [4.69, 9.17) is 5.73 Å². The lowest BCUT2D eigenvalue weighted by Gasteiger charge is -2.22. The number of nitrogens with zero attached hydrogens (tertiary/aromatic N) is 1. The van der Waals surface area contributed by atoms with Gasteiger partial charge in [0, 0.05) is 24.2 Å². The van der Waals surface area contributed by atoms with Crippen molar-refractivity contribution in [2.45, 2.75) is 77.8 Å². The lowest BCUT2D eigenvalue weighted by atomic mass is 9.99. The Kier molecular flexibility index (Phi) is 6.01. The Morgan fingerprint density at radius 3 is 2.82 bits per heavy atom. The second-order valence-corrected chi connectivity index (χ2v) is 6.64. The molecule has 3 heteroatoms. The van der Waals surface area contributed by atoms with Crippen molar-refractivity contribution in [2.75, 3.05) is 4.90 Å². The van der Waals surface area contributed by atoms with Crippen LogP contribution in [-0.2, 0) is 17.6 Å². The average Bonchev–Trinajstić information content (AvgIpc) is 2.80. The van der Waals surface area contributed by atoms with E-state index in [2.05, 4.69) is 39.0 Å². The summed E-state index contributed by atoms with van der Waals surface area (Å²) in [5, 5.41) is 0. The molecule has 1 aromatic rings. The van der Waals surface area contributed by atoms with Crippen LogP contribution in [0.4, 0.5) is 5.69 Å². The molecule has 0 spiro atoms. The zero-order chi connectivity index (χ0) is 16.1. The Balaban J connectivity index is 2.09. The Morgan fingerprint density at radius 2 is 2.14 bits per heavy atom. The molecule has 2 unspecified atom stereocenters. The summed E-state index contributed by atoms with van der Waals surface area (Å²) in [6, 6.07) is 7.05. The summed E-state index contributed by atoms with van der Waals surface area (Å²) in [7, 11) is 0. The number of carbonyl (C=O) groups excluding carboxylic acids is 1. The van der Waals surface area contributed by atoms with E-state index in [1.165, 1.54) is 24.0 Å². The largest absolute Gasteiger partial charge is 0.327 e. The molecule has 1 aromatic carbocycles. The fourth-order valence-corrected chi connectivity index (χ4v) is 3.40. The number of unbranched alkanes of at least 4 members (excludes halogenated alkanes) is 1. The number of amides is 1. The monoisotopic (exact) mass is 302 g/mol. The molecule has 0 bridgehead atoms. The molecule has 0 saturated heterocycles. The van der Waals surface area contributed by atoms with E-state index in [0.29, 0.717) is 6.42 Å². The molecule has 122 valence electrons. The number of hydrogen-bond donors (Lipinski definition) is 1. The number of carbonyl (C=O) groups is 1. The molecule has 2 N–H and O–H groups in total. The molecule has 0 fully saturated rings. The van der Waals surface area contributed by atoms with Crippen LogP contribution in [0, 0.1) is 0 Å². The average molecular weight is 302 g/mol. The third-order valence-electron chi connectivity index (χ3n) is 4.52. The highest BCUT2D eigenvalue weighted by Crippen LogP contribution is 2.33. The van der Waals surface area contributed by atoms with Crippen LogP contribution in [0.1, 0.15) is 64.0 Å². The maximum Gasteiger partial charge on any atom is 0.227 e. The number of fused-ring (bicyclic) bond motifs is 1. The Labute approximate surface area is 134 Å². The van der Waals surface area contributed by atoms with E-state index in [1.54, 1.807) is 0 Å². The van der Waals surface area contributed by atoms with Crippen LogP contribution in [0.3, 0.4) is 0 Å². The maximum atomic E-state index is 12.3. The quantitative estimate of drug-likeness (QED) is 0.832. The van der Waals surface area contributed by atoms with Gasteiger partial charge >= 0.3 is 0 Å². The molecule has 1 aliphatic rings. The van der Waals surface area contributed by atoms with E-state index < -0.39 is 0 Å². The lowest BCUT2D eigenvalue weighted by Crippen LogP contribution is -2.35. The number of rotatable bonds is 7. The molecular weight excluding hydrogens is 272 g/mol. The van der Waals surface area contributed by atoms with Crippen molar-refractivity contribution in [3.63, 3.8) is 0 Å². The Bertz CT molecular complexity index is 512. The molecule has 1 aliphatic heterocycles. The molecule has 2 atom stereocenters. The molecule has 0 aromatic heterocycles. The van der Waals surface area contributed by atoms with Crippen LogP contribution in [-0.4, -0.2) is 18.0 Å². The van der Waals surface area contributed by atoms with Crippen molar-refractivity contribution in [1.82, 2.24) is 0 Å². The van der Waals surface area contributed by atoms with Gasteiger partial charge in [0.1, 0.15) is 0 Å². The van der Waals surface area contributed by atoms with Gasteiger partial charge in [-0.1, -0.05) is 38.8 Å². The minimum atomic E-state index is 0.245. The van der Waals surface area contributed by atoms with Crippen molar-refractivity contribution >= 4 is 11.6 Å². The molecule has 1 amide bonds. The second-order valence-electron chi connectivity index (χ2n) is 6.64. The molecule has 22 heavy (non-hydrogen) atoms. The number of anilines is 1. The Hall–Kier alpha value is -1.35. The normalized spacial score (nSPS) is 18.4. The van der Waals surface area contributed by atoms with Crippen LogP contribution in [0.2, 0.25) is 0 Å². The summed E-state index contributed by atoms with van der Waals surface area (Å²) < 4.78 is 0. The van der Waals surface area contributed by atoms with Gasteiger partial charge < -0.3 is 10.6 Å². The molecule has 3 nitrogen and oxygen atoms in total. The third-order valence-corrected chi connectivity index (χ3v) is 4.52. The van der Waals surface area contributed by atoms with Gasteiger partial charge in [-0.05, 0) is 49.8 Å². The molecule has 0 radical (unpaired) electrons. The third kappa shape index (κ3) is 3.89. The fraction of sp³-hybridized carbons (Fsp3) is 0.632. The summed E-state index contributed by atoms with van der Waals surface area (Å²) in [6.07, 6.45) is 6.92. The first-order chi connectivity index (χ1) is 10.6. The van der Waals surface area contributed by atoms with Crippen LogP contribution >= 0.6 is 0 Å².